The molecular formula is C24H31ClN6O3S. The van der Waals surface area contributed by atoms with Crippen molar-refractivity contribution in [2.45, 2.75) is 56.1 Å². The number of hydrogen-bond donors (Lipinski definition) is 2. The van der Waals surface area contributed by atoms with Crippen LogP contribution in [-0.4, -0.2) is 53.3 Å². The number of piperidine rings is 1. The number of ether oxygens (including phenoxy) is 2. The number of nitrogens with two attached hydrogens (primary N) is 2. The Labute approximate surface area is 214 Å². The minimum atomic E-state index is -0.588. The molecular weight excluding hydrogens is 488 g/mol. The van der Waals surface area contributed by atoms with Gasteiger partial charge in [0, 0.05) is 24.2 Å². The van der Waals surface area contributed by atoms with E-state index in [2.05, 4.69) is 16.8 Å². The molecule has 4 rings (SSSR count). The monoisotopic (exact) mass is 518 g/mol. The lowest BCUT2D eigenvalue weighted by atomic mass is 9.77. The van der Waals surface area contributed by atoms with Gasteiger partial charge in [0.2, 0.25) is 0 Å². The number of pyridine rings is 1. The van der Waals surface area contributed by atoms with E-state index in [0.29, 0.717) is 32.6 Å². The van der Waals surface area contributed by atoms with E-state index in [4.69, 9.17) is 42.5 Å². The highest BCUT2D eigenvalue weighted by Gasteiger charge is 2.41. The van der Waals surface area contributed by atoms with Crippen molar-refractivity contribution in [3.8, 4) is 0 Å². The second-order valence-electron chi connectivity index (χ2n) is 9.07. The first kappa shape index (κ1) is 25.5. The highest BCUT2D eigenvalue weighted by atomic mass is 35.5. The second-order valence-corrected chi connectivity index (χ2v) is 10.5. The third-order valence-electron chi connectivity index (χ3n) is 6.44. The fraction of sp³-hybridized carbons (Fsp3) is 0.500. The van der Waals surface area contributed by atoms with Crippen LogP contribution in [0.25, 0.3) is 6.08 Å². The van der Waals surface area contributed by atoms with Gasteiger partial charge in [0.1, 0.15) is 22.2 Å². The summed E-state index contributed by atoms with van der Waals surface area (Å²) >= 11 is 7.69. The van der Waals surface area contributed by atoms with Crippen LogP contribution in [0, 0.1) is 12.3 Å². The SMILES string of the molecule is CCOC(=O)C(N)=Cc1nc(Sc2ccnc(N)c2Cl)c(C)nc1N1CCC2(CC1)CO[C@@H](C)C2. The Kier molecular flexibility index (Phi) is 7.73. The molecule has 188 valence electrons. The number of aryl methyl sites for hydroxylation is 1. The van der Waals surface area contributed by atoms with Crippen LogP contribution in [-0.2, 0) is 14.3 Å². The van der Waals surface area contributed by atoms with E-state index >= 15 is 0 Å². The van der Waals surface area contributed by atoms with E-state index < -0.39 is 5.97 Å². The maximum atomic E-state index is 12.2. The number of rotatable bonds is 6. The van der Waals surface area contributed by atoms with Crippen molar-refractivity contribution in [3.05, 3.63) is 34.4 Å². The number of nitrogen functional groups attached to an aromatic ring is 1. The molecule has 35 heavy (non-hydrogen) atoms. The van der Waals surface area contributed by atoms with E-state index in [1.54, 1.807) is 19.2 Å². The third kappa shape index (κ3) is 5.65. The number of anilines is 2. The molecule has 0 bridgehead atoms. The van der Waals surface area contributed by atoms with Crippen molar-refractivity contribution in [3.63, 3.8) is 0 Å². The van der Waals surface area contributed by atoms with Gasteiger partial charge in [0.15, 0.2) is 5.82 Å². The summed E-state index contributed by atoms with van der Waals surface area (Å²) in [5.74, 6) is 0.356. The van der Waals surface area contributed by atoms with Crippen molar-refractivity contribution < 1.29 is 14.3 Å². The van der Waals surface area contributed by atoms with Crippen LogP contribution in [0.15, 0.2) is 27.9 Å². The molecule has 0 unspecified atom stereocenters. The van der Waals surface area contributed by atoms with Gasteiger partial charge in [-0.05, 0) is 57.6 Å². The number of nitrogens with zero attached hydrogens (tertiary/aromatic N) is 4. The van der Waals surface area contributed by atoms with E-state index in [0.717, 1.165) is 44.7 Å². The zero-order valence-electron chi connectivity index (χ0n) is 20.2. The van der Waals surface area contributed by atoms with Crippen LogP contribution in [0.1, 0.15) is 44.5 Å². The standard InChI is InChI=1S/C24H31ClN6O3S/c1-4-33-23(32)16(26)11-17-21(31-9-6-24(7-10-31)12-14(2)34-13-24)29-15(3)22(30-17)35-18-5-8-28-20(27)19(18)25/h5,8,11,14H,4,6-7,9-10,12-13,26H2,1-3H3,(H2,27,28)/t14-/m0/s1. The van der Waals surface area contributed by atoms with Crippen LogP contribution in [0.3, 0.4) is 0 Å². The lowest BCUT2D eigenvalue weighted by Gasteiger charge is -2.39. The molecule has 2 aliphatic heterocycles. The number of halogens is 1. The van der Waals surface area contributed by atoms with E-state index in [1.165, 1.54) is 17.8 Å². The molecule has 4 heterocycles. The molecule has 0 aromatic carbocycles. The number of hydrogen-bond acceptors (Lipinski definition) is 10. The van der Waals surface area contributed by atoms with E-state index in [9.17, 15) is 4.79 Å². The fourth-order valence-electron chi connectivity index (χ4n) is 4.56. The number of esters is 1. The quantitative estimate of drug-likeness (QED) is 0.429. The Balaban J connectivity index is 1.67. The van der Waals surface area contributed by atoms with Crippen molar-refractivity contribution >= 4 is 47.0 Å². The summed E-state index contributed by atoms with van der Waals surface area (Å²) in [5.41, 5.74) is 13.4. The van der Waals surface area contributed by atoms with Gasteiger partial charge in [0.25, 0.3) is 0 Å². The predicted octanol–water partition coefficient (Wildman–Crippen LogP) is 3.82. The average molecular weight is 519 g/mol. The van der Waals surface area contributed by atoms with Crippen molar-refractivity contribution in [1.29, 1.82) is 0 Å². The van der Waals surface area contributed by atoms with Crippen LogP contribution in [0.5, 0.6) is 0 Å². The molecule has 4 N–H and O–H groups in total. The lowest BCUT2D eigenvalue weighted by Crippen LogP contribution is -2.41. The molecule has 0 saturated carbocycles. The van der Waals surface area contributed by atoms with Gasteiger partial charge in [-0.3, -0.25) is 0 Å². The van der Waals surface area contributed by atoms with Crippen LogP contribution in [0.4, 0.5) is 11.6 Å². The maximum absolute atomic E-state index is 12.2. The van der Waals surface area contributed by atoms with Gasteiger partial charge in [-0.2, -0.15) is 0 Å². The molecule has 1 spiro atoms. The van der Waals surface area contributed by atoms with Crippen molar-refractivity contribution in [2.75, 3.05) is 36.9 Å². The highest BCUT2D eigenvalue weighted by molar-refractivity contribution is 7.99. The van der Waals surface area contributed by atoms with E-state index in [1.807, 2.05) is 6.92 Å². The molecule has 11 heteroatoms. The van der Waals surface area contributed by atoms with Gasteiger partial charge in [-0.15, -0.1) is 0 Å². The summed E-state index contributed by atoms with van der Waals surface area (Å²) in [6.45, 7) is 8.46. The molecule has 1 atom stereocenters. The minimum Gasteiger partial charge on any atom is -0.461 e. The number of carbonyl (C=O) groups excluding carboxylic acids is 1. The second kappa shape index (κ2) is 10.6. The Bertz CT molecular complexity index is 1140. The van der Waals surface area contributed by atoms with E-state index in [-0.39, 0.29) is 23.5 Å². The van der Waals surface area contributed by atoms with Crippen molar-refractivity contribution in [2.24, 2.45) is 11.1 Å². The first-order chi connectivity index (χ1) is 16.7. The summed E-state index contributed by atoms with van der Waals surface area (Å²) in [6, 6.07) is 1.77. The molecule has 2 fully saturated rings. The molecule has 2 aliphatic rings. The van der Waals surface area contributed by atoms with Gasteiger partial charge in [-0.25, -0.2) is 19.7 Å². The molecule has 9 nitrogen and oxygen atoms in total. The number of aromatic nitrogens is 3. The summed E-state index contributed by atoms with van der Waals surface area (Å²) in [4.78, 5) is 28.9. The molecule has 0 amide bonds. The molecule has 2 saturated heterocycles. The first-order valence-electron chi connectivity index (χ1n) is 11.7. The minimum absolute atomic E-state index is 0.0279. The van der Waals surface area contributed by atoms with Crippen molar-refractivity contribution in [1.82, 2.24) is 15.0 Å². The van der Waals surface area contributed by atoms with Gasteiger partial charge < -0.3 is 25.8 Å². The van der Waals surface area contributed by atoms with Gasteiger partial charge >= 0.3 is 5.97 Å². The fourth-order valence-corrected chi connectivity index (χ4v) is 5.66. The Hall–Kier alpha value is -2.56. The topological polar surface area (TPSA) is 129 Å². The zero-order valence-corrected chi connectivity index (χ0v) is 21.8. The Morgan fingerprint density at radius 1 is 1.40 bits per heavy atom. The third-order valence-corrected chi connectivity index (χ3v) is 8.09. The normalized spacial score (nSPS) is 19.8. The Morgan fingerprint density at radius 2 is 2.14 bits per heavy atom. The highest BCUT2D eigenvalue weighted by Crippen LogP contribution is 2.43. The van der Waals surface area contributed by atoms with Gasteiger partial charge in [0.05, 0.1) is 30.0 Å². The lowest BCUT2D eigenvalue weighted by molar-refractivity contribution is -0.138. The number of carbonyl (C=O) groups is 1. The Morgan fingerprint density at radius 3 is 2.80 bits per heavy atom. The molecule has 0 aliphatic carbocycles. The van der Waals surface area contributed by atoms with Gasteiger partial charge in [-0.1, -0.05) is 23.4 Å². The summed E-state index contributed by atoms with van der Waals surface area (Å²) in [7, 11) is 0. The summed E-state index contributed by atoms with van der Waals surface area (Å²) < 4.78 is 10.9. The summed E-state index contributed by atoms with van der Waals surface area (Å²) in [6.07, 6.45) is 6.54. The summed E-state index contributed by atoms with van der Waals surface area (Å²) in [5, 5.41) is 0.996. The predicted molar refractivity (Wildman–Crippen MR) is 137 cm³/mol. The largest absolute Gasteiger partial charge is 0.461 e. The zero-order chi connectivity index (χ0) is 25.2. The molecule has 0 radical (unpaired) electrons. The van der Waals surface area contributed by atoms with Crippen LogP contribution >= 0.6 is 23.4 Å². The maximum Gasteiger partial charge on any atom is 0.354 e. The molecule has 2 aromatic rings. The average Bonchev–Trinajstić information content (AvgIpc) is 3.19. The first-order valence-corrected chi connectivity index (χ1v) is 12.9. The van der Waals surface area contributed by atoms with Crippen LogP contribution in [0.2, 0.25) is 5.02 Å². The smallest absolute Gasteiger partial charge is 0.354 e. The van der Waals surface area contributed by atoms with Crippen LogP contribution < -0.4 is 16.4 Å². The molecule has 2 aromatic heterocycles.